The zero-order chi connectivity index (χ0) is 24.8. The molecule has 0 saturated heterocycles. The molecule has 180 valence electrons. The molecule has 1 heterocycles. The number of anilines is 1. The molecule has 1 N–H and O–H groups in total. The van der Waals surface area contributed by atoms with Crippen LogP contribution in [-0.4, -0.2) is 36.2 Å². The molecule has 1 aromatic heterocycles. The number of imidazole rings is 1. The molecular weight excluding hydrogens is 464 g/mol. The maximum atomic E-state index is 12.9. The van der Waals surface area contributed by atoms with E-state index in [4.69, 9.17) is 4.74 Å². The van der Waals surface area contributed by atoms with Crippen LogP contribution < -0.4 is 14.4 Å². The van der Waals surface area contributed by atoms with Crippen molar-refractivity contribution in [1.29, 1.82) is 0 Å². The summed E-state index contributed by atoms with van der Waals surface area (Å²) < 4.78 is 33.9. The SMILES string of the molecule is C[C@@H](C(=O)NCc1ccc(-n2ccnc2)cc1)N(c1ccc(Oc2ccccc2)cc1)S(C)(=O)=O. The van der Waals surface area contributed by atoms with Gasteiger partial charge in [-0.25, -0.2) is 13.4 Å². The van der Waals surface area contributed by atoms with Gasteiger partial charge in [-0.1, -0.05) is 30.3 Å². The molecule has 4 aromatic rings. The average Bonchev–Trinajstić information content (AvgIpc) is 3.39. The zero-order valence-corrected chi connectivity index (χ0v) is 20.2. The van der Waals surface area contributed by atoms with Crippen LogP contribution in [0.3, 0.4) is 0 Å². The highest BCUT2D eigenvalue weighted by Gasteiger charge is 2.29. The summed E-state index contributed by atoms with van der Waals surface area (Å²) in [5.41, 5.74) is 2.22. The van der Waals surface area contributed by atoms with Crippen molar-refractivity contribution in [2.24, 2.45) is 0 Å². The first-order valence-corrected chi connectivity index (χ1v) is 12.8. The fourth-order valence-electron chi connectivity index (χ4n) is 3.63. The quantitative estimate of drug-likeness (QED) is 0.381. The number of nitrogens with one attached hydrogen (secondary N) is 1. The second-order valence-electron chi connectivity index (χ2n) is 8.00. The summed E-state index contributed by atoms with van der Waals surface area (Å²) in [7, 11) is -3.72. The van der Waals surface area contributed by atoms with Crippen LogP contribution in [0.15, 0.2) is 97.6 Å². The molecule has 9 heteroatoms. The maximum Gasteiger partial charge on any atom is 0.243 e. The van der Waals surface area contributed by atoms with Gasteiger partial charge >= 0.3 is 0 Å². The zero-order valence-electron chi connectivity index (χ0n) is 19.4. The van der Waals surface area contributed by atoms with Gasteiger partial charge in [0.25, 0.3) is 0 Å². The van der Waals surface area contributed by atoms with Crippen LogP contribution in [-0.2, 0) is 21.4 Å². The molecule has 0 aliphatic carbocycles. The normalized spacial score (nSPS) is 12.1. The predicted molar refractivity (Wildman–Crippen MR) is 135 cm³/mol. The van der Waals surface area contributed by atoms with E-state index in [1.54, 1.807) is 43.7 Å². The van der Waals surface area contributed by atoms with Crippen molar-refractivity contribution < 1.29 is 17.9 Å². The Bertz CT molecular complexity index is 1360. The Hall–Kier alpha value is -4.11. The van der Waals surface area contributed by atoms with E-state index >= 15 is 0 Å². The van der Waals surface area contributed by atoms with Gasteiger partial charge in [-0.2, -0.15) is 0 Å². The van der Waals surface area contributed by atoms with Crippen LogP contribution in [0.1, 0.15) is 12.5 Å². The number of amides is 1. The van der Waals surface area contributed by atoms with Crippen molar-refractivity contribution in [1.82, 2.24) is 14.9 Å². The van der Waals surface area contributed by atoms with Gasteiger partial charge in [-0.05, 0) is 61.0 Å². The number of rotatable bonds is 9. The molecule has 8 nitrogen and oxygen atoms in total. The standard InChI is InChI=1S/C26H26N4O4S/c1-20(26(31)28-18-21-8-10-22(11-9-21)29-17-16-27-19-29)30(35(2,32)33)23-12-14-25(15-13-23)34-24-6-4-3-5-7-24/h3-17,19-20H,18H2,1-2H3,(H,28,31)/t20-/m0/s1. The fraction of sp³-hybridized carbons (Fsp3) is 0.154. The highest BCUT2D eigenvalue weighted by molar-refractivity contribution is 7.92. The van der Waals surface area contributed by atoms with Gasteiger partial charge in [-0.15, -0.1) is 0 Å². The molecule has 3 aromatic carbocycles. The highest BCUT2D eigenvalue weighted by Crippen LogP contribution is 2.27. The Labute approximate surface area is 204 Å². The minimum Gasteiger partial charge on any atom is -0.457 e. The summed E-state index contributed by atoms with van der Waals surface area (Å²) in [5.74, 6) is 0.828. The third-order valence-corrected chi connectivity index (χ3v) is 6.61. The second kappa shape index (κ2) is 10.4. The maximum absolute atomic E-state index is 12.9. The third-order valence-electron chi connectivity index (χ3n) is 5.36. The molecule has 4 rings (SSSR count). The molecule has 0 unspecified atom stereocenters. The largest absolute Gasteiger partial charge is 0.457 e. The van der Waals surface area contributed by atoms with Crippen molar-refractivity contribution in [3.8, 4) is 17.2 Å². The number of benzene rings is 3. The van der Waals surface area contributed by atoms with E-state index in [-0.39, 0.29) is 6.54 Å². The third kappa shape index (κ3) is 6.07. The molecule has 0 radical (unpaired) electrons. The van der Waals surface area contributed by atoms with Gasteiger partial charge in [0, 0.05) is 24.6 Å². The summed E-state index contributed by atoms with van der Waals surface area (Å²) in [6.07, 6.45) is 6.34. The van der Waals surface area contributed by atoms with Crippen molar-refractivity contribution in [3.05, 3.63) is 103 Å². The van der Waals surface area contributed by atoms with Crippen LogP contribution >= 0.6 is 0 Å². The van der Waals surface area contributed by atoms with Crippen LogP contribution in [0.25, 0.3) is 5.69 Å². The Kier molecular flexibility index (Phi) is 7.17. The lowest BCUT2D eigenvalue weighted by molar-refractivity contribution is -0.122. The number of carbonyl (C=O) groups is 1. The van der Waals surface area contributed by atoms with E-state index in [0.717, 1.165) is 21.8 Å². The number of para-hydroxylation sites is 1. The average molecular weight is 491 g/mol. The Morgan fingerprint density at radius 3 is 2.26 bits per heavy atom. The van der Waals surface area contributed by atoms with Crippen molar-refractivity contribution >= 4 is 21.6 Å². The van der Waals surface area contributed by atoms with E-state index in [0.29, 0.717) is 17.2 Å². The van der Waals surface area contributed by atoms with Crippen LogP contribution in [0.4, 0.5) is 5.69 Å². The molecule has 1 amide bonds. The number of carbonyl (C=O) groups excluding carboxylic acids is 1. The van der Waals surface area contributed by atoms with Gasteiger partial charge in [0.05, 0.1) is 18.3 Å². The van der Waals surface area contributed by atoms with Gasteiger partial charge in [0.1, 0.15) is 17.5 Å². The van der Waals surface area contributed by atoms with Crippen molar-refractivity contribution in [3.63, 3.8) is 0 Å². The monoisotopic (exact) mass is 490 g/mol. The number of sulfonamides is 1. The number of hydrogen-bond acceptors (Lipinski definition) is 5. The first-order chi connectivity index (χ1) is 16.8. The minimum atomic E-state index is -3.72. The first-order valence-electron chi connectivity index (χ1n) is 11.0. The summed E-state index contributed by atoms with van der Waals surface area (Å²) in [4.78, 5) is 16.9. The van der Waals surface area contributed by atoms with E-state index in [2.05, 4.69) is 10.3 Å². The Balaban J connectivity index is 1.42. The lowest BCUT2D eigenvalue weighted by Crippen LogP contribution is -2.47. The van der Waals surface area contributed by atoms with Crippen LogP contribution in [0.5, 0.6) is 11.5 Å². The number of aromatic nitrogens is 2. The molecule has 35 heavy (non-hydrogen) atoms. The highest BCUT2D eigenvalue weighted by atomic mass is 32.2. The summed E-state index contributed by atoms with van der Waals surface area (Å²) >= 11 is 0. The molecular formula is C26H26N4O4S. The lowest BCUT2D eigenvalue weighted by Gasteiger charge is -2.28. The van der Waals surface area contributed by atoms with Gasteiger partial charge < -0.3 is 14.6 Å². The second-order valence-corrected chi connectivity index (χ2v) is 9.86. The molecule has 0 bridgehead atoms. The molecule has 0 aliphatic heterocycles. The molecule has 0 saturated carbocycles. The molecule has 1 atom stereocenters. The van der Waals surface area contributed by atoms with Gasteiger partial charge in [-0.3, -0.25) is 9.10 Å². The van der Waals surface area contributed by atoms with E-state index in [9.17, 15) is 13.2 Å². The van der Waals surface area contributed by atoms with Crippen LogP contribution in [0, 0.1) is 0 Å². The summed E-state index contributed by atoms with van der Waals surface area (Å²) in [5, 5.41) is 2.83. The fourth-order valence-corrected chi connectivity index (χ4v) is 4.80. The number of nitrogens with zero attached hydrogens (tertiary/aromatic N) is 3. The molecule has 0 aliphatic rings. The number of ether oxygens (including phenoxy) is 1. The lowest BCUT2D eigenvalue weighted by atomic mass is 10.2. The van der Waals surface area contributed by atoms with E-state index in [1.807, 2.05) is 65.4 Å². The molecule has 0 spiro atoms. The van der Waals surface area contributed by atoms with Crippen molar-refractivity contribution in [2.75, 3.05) is 10.6 Å². The van der Waals surface area contributed by atoms with E-state index in [1.165, 1.54) is 0 Å². The van der Waals surface area contributed by atoms with Gasteiger partial charge in [0.15, 0.2) is 0 Å². The van der Waals surface area contributed by atoms with Crippen molar-refractivity contribution in [2.45, 2.75) is 19.5 Å². The Morgan fingerprint density at radius 2 is 1.66 bits per heavy atom. The smallest absolute Gasteiger partial charge is 0.243 e. The van der Waals surface area contributed by atoms with Gasteiger partial charge in [0.2, 0.25) is 15.9 Å². The Morgan fingerprint density at radius 1 is 1.00 bits per heavy atom. The minimum absolute atomic E-state index is 0.273. The predicted octanol–water partition coefficient (Wildman–Crippen LogP) is 4.14. The molecule has 0 fully saturated rings. The van der Waals surface area contributed by atoms with Crippen LogP contribution in [0.2, 0.25) is 0 Å². The summed E-state index contributed by atoms with van der Waals surface area (Å²) in [6.45, 7) is 1.84. The summed E-state index contributed by atoms with van der Waals surface area (Å²) in [6, 6.07) is 22.6. The topological polar surface area (TPSA) is 93.5 Å². The number of hydrogen-bond donors (Lipinski definition) is 1. The first kappa shape index (κ1) is 24.0. The van der Waals surface area contributed by atoms with E-state index < -0.39 is 22.0 Å².